The fourth-order valence-corrected chi connectivity index (χ4v) is 4.71. The van der Waals surface area contributed by atoms with Gasteiger partial charge in [-0.3, -0.25) is 4.79 Å². The molecule has 2 nitrogen and oxygen atoms in total. The van der Waals surface area contributed by atoms with Gasteiger partial charge in [0.05, 0.1) is 17.6 Å². The van der Waals surface area contributed by atoms with Crippen molar-refractivity contribution in [3.63, 3.8) is 0 Å². The van der Waals surface area contributed by atoms with Crippen LogP contribution in [-0.4, -0.2) is 17.5 Å². The first-order chi connectivity index (χ1) is 7.80. The molecular weight excluding hydrogens is 200 g/mol. The van der Waals surface area contributed by atoms with E-state index in [1.165, 1.54) is 19.3 Å². The van der Waals surface area contributed by atoms with Crippen molar-refractivity contribution in [3.05, 3.63) is 12.2 Å². The molecule has 1 spiro atoms. The number of hydrogen-bond acceptors (Lipinski definition) is 2. The van der Waals surface area contributed by atoms with Gasteiger partial charge in [0, 0.05) is 12.3 Å². The molecule has 4 rings (SSSR count). The zero-order valence-electron chi connectivity index (χ0n) is 9.52. The molecule has 0 amide bonds. The Balaban J connectivity index is 1.82. The second kappa shape index (κ2) is 2.98. The largest absolute Gasteiger partial charge is 0.363 e. The van der Waals surface area contributed by atoms with Crippen LogP contribution in [0.5, 0.6) is 0 Å². The summed E-state index contributed by atoms with van der Waals surface area (Å²) in [5.41, 5.74) is -0.0295. The van der Waals surface area contributed by atoms with Crippen molar-refractivity contribution in [2.75, 3.05) is 0 Å². The lowest BCUT2D eigenvalue weighted by atomic mass is 9.62. The lowest BCUT2D eigenvalue weighted by Crippen LogP contribution is -2.44. The number of ketones is 1. The van der Waals surface area contributed by atoms with E-state index in [4.69, 9.17) is 4.74 Å². The van der Waals surface area contributed by atoms with Crippen LogP contribution in [0.25, 0.3) is 0 Å². The Hall–Kier alpha value is -0.630. The van der Waals surface area contributed by atoms with Gasteiger partial charge in [-0.2, -0.15) is 0 Å². The van der Waals surface area contributed by atoms with Crippen molar-refractivity contribution in [2.45, 2.75) is 50.2 Å². The molecule has 3 fully saturated rings. The van der Waals surface area contributed by atoms with Gasteiger partial charge >= 0.3 is 0 Å². The van der Waals surface area contributed by atoms with Crippen LogP contribution in [0.3, 0.4) is 0 Å². The van der Waals surface area contributed by atoms with Crippen LogP contribution in [0, 0.1) is 17.8 Å². The number of Topliss-reactive ketones (excluding diaryl/α,β-unsaturated/α-hetero) is 1. The fourth-order valence-electron chi connectivity index (χ4n) is 4.71. The fraction of sp³-hybridized carbons (Fsp3) is 0.786. The molecule has 0 unspecified atom stereocenters. The van der Waals surface area contributed by atoms with E-state index in [-0.39, 0.29) is 17.6 Å². The first kappa shape index (κ1) is 9.41. The van der Waals surface area contributed by atoms with Gasteiger partial charge in [0.2, 0.25) is 0 Å². The average molecular weight is 218 g/mol. The zero-order valence-corrected chi connectivity index (χ0v) is 9.52. The maximum Gasteiger partial charge on any atom is 0.139 e. The molecule has 86 valence electrons. The highest BCUT2D eigenvalue weighted by Gasteiger charge is 2.61. The van der Waals surface area contributed by atoms with Crippen molar-refractivity contribution >= 4 is 5.78 Å². The Morgan fingerprint density at radius 2 is 2.19 bits per heavy atom. The second-order valence-electron chi connectivity index (χ2n) is 5.96. The van der Waals surface area contributed by atoms with Crippen molar-refractivity contribution in [2.24, 2.45) is 17.8 Å². The van der Waals surface area contributed by atoms with E-state index in [2.05, 4.69) is 12.2 Å². The maximum absolute atomic E-state index is 12.2. The van der Waals surface area contributed by atoms with Crippen LogP contribution in [0.15, 0.2) is 12.2 Å². The van der Waals surface area contributed by atoms with Gasteiger partial charge in [0.25, 0.3) is 0 Å². The summed E-state index contributed by atoms with van der Waals surface area (Å²) in [5, 5.41) is 0. The summed E-state index contributed by atoms with van der Waals surface area (Å²) < 4.78 is 6.17. The lowest BCUT2D eigenvalue weighted by Gasteiger charge is -2.42. The van der Waals surface area contributed by atoms with E-state index in [1.54, 1.807) is 0 Å². The van der Waals surface area contributed by atoms with Gasteiger partial charge in [-0.05, 0) is 38.0 Å². The third kappa shape index (κ3) is 0.994. The predicted molar refractivity (Wildman–Crippen MR) is 59.9 cm³/mol. The van der Waals surface area contributed by atoms with Crippen molar-refractivity contribution in [1.82, 2.24) is 0 Å². The molecule has 2 aliphatic heterocycles. The predicted octanol–water partition coefficient (Wildman–Crippen LogP) is 2.48. The zero-order chi connectivity index (χ0) is 10.8. The summed E-state index contributed by atoms with van der Waals surface area (Å²) in [7, 11) is 0. The van der Waals surface area contributed by atoms with Gasteiger partial charge in [-0.25, -0.2) is 0 Å². The van der Waals surface area contributed by atoms with E-state index in [0.29, 0.717) is 11.7 Å². The molecule has 0 N–H and O–H groups in total. The maximum atomic E-state index is 12.2. The van der Waals surface area contributed by atoms with Gasteiger partial charge in [0.15, 0.2) is 0 Å². The van der Waals surface area contributed by atoms with Crippen LogP contribution in [0.4, 0.5) is 0 Å². The quantitative estimate of drug-likeness (QED) is 0.584. The van der Waals surface area contributed by atoms with Gasteiger partial charge in [-0.15, -0.1) is 0 Å². The molecule has 0 aromatic heterocycles. The Morgan fingerprint density at radius 1 is 1.31 bits per heavy atom. The number of carbonyl (C=O) groups is 1. The van der Waals surface area contributed by atoms with E-state index in [0.717, 1.165) is 25.2 Å². The molecule has 2 heteroatoms. The Bertz CT molecular complexity index is 373. The Labute approximate surface area is 96.0 Å². The van der Waals surface area contributed by atoms with Crippen LogP contribution in [-0.2, 0) is 9.53 Å². The molecule has 2 saturated carbocycles. The molecule has 4 aliphatic rings. The van der Waals surface area contributed by atoms with Crippen molar-refractivity contribution < 1.29 is 9.53 Å². The first-order valence-electron chi connectivity index (χ1n) is 6.70. The second-order valence-corrected chi connectivity index (χ2v) is 5.96. The van der Waals surface area contributed by atoms with Crippen LogP contribution < -0.4 is 0 Å². The monoisotopic (exact) mass is 218 g/mol. The smallest absolute Gasteiger partial charge is 0.139 e. The highest BCUT2D eigenvalue weighted by Crippen LogP contribution is 2.58. The van der Waals surface area contributed by atoms with E-state index >= 15 is 0 Å². The number of hydrogen-bond donors (Lipinski definition) is 0. The molecule has 1 saturated heterocycles. The molecule has 2 bridgehead atoms. The molecule has 0 aromatic carbocycles. The van der Waals surface area contributed by atoms with E-state index in [9.17, 15) is 4.79 Å². The van der Waals surface area contributed by atoms with Crippen LogP contribution in [0.1, 0.15) is 38.5 Å². The average Bonchev–Trinajstić information content (AvgIpc) is 2.77. The van der Waals surface area contributed by atoms with E-state index in [1.807, 2.05) is 0 Å². The minimum atomic E-state index is -0.0295. The number of ether oxygens (including phenoxy) is 1. The summed E-state index contributed by atoms with van der Waals surface area (Å²) >= 11 is 0. The summed E-state index contributed by atoms with van der Waals surface area (Å²) in [6, 6.07) is 0. The van der Waals surface area contributed by atoms with Gasteiger partial charge in [0.1, 0.15) is 5.78 Å². The topological polar surface area (TPSA) is 26.3 Å². The Kier molecular flexibility index (Phi) is 1.75. The molecular formula is C14H18O2. The summed E-state index contributed by atoms with van der Waals surface area (Å²) in [4.78, 5) is 12.2. The summed E-state index contributed by atoms with van der Waals surface area (Å²) in [6.45, 7) is 0. The molecule has 2 heterocycles. The standard InChI is InChI=1S/C14H18O2/c15-10-5-1-3-9-4-2-7-14-8-6-11(16-14)12(10)13(9)14/h6,8-9,11-13H,1-5,7H2/t9-,11-,12+,13-,14+/m0/s1. The minimum Gasteiger partial charge on any atom is -0.363 e. The SMILES string of the molecule is O=C1CCC[C@H]2CCC[C@]34C=C[C@H](O3)[C@@H]1[C@H]24. The highest BCUT2D eigenvalue weighted by molar-refractivity contribution is 5.83. The normalized spacial score (nSPS) is 53.9. The molecule has 0 aromatic rings. The third-order valence-electron chi connectivity index (χ3n) is 5.25. The number of carbonyl (C=O) groups excluding carboxylic acids is 1. The minimum absolute atomic E-state index is 0.0295. The molecule has 5 atom stereocenters. The van der Waals surface area contributed by atoms with Crippen LogP contribution in [0.2, 0.25) is 0 Å². The van der Waals surface area contributed by atoms with Crippen molar-refractivity contribution in [3.8, 4) is 0 Å². The Morgan fingerprint density at radius 3 is 3.12 bits per heavy atom. The summed E-state index contributed by atoms with van der Waals surface area (Å²) in [5.74, 6) is 1.95. The number of rotatable bonds is 0. The molecule has 0 radical (unpaired) electrons. The van der Waals surface area contributed by atoms with Crippen molar-refractivity contribution in [1.29, 1.82) is 0 Å². The molecule has 2 aliphatic carbocycles. The van der Waals surface area contributed by atoms with Crippen LogP contribution >= 0.6 is 0 Å². The number of fused-ring (bicyclic) bond motifs is 2. The highest BCUT2D eigenvalue weighted by atomic mass is 16.5. The lowest BCUT2D eigenvalue weighted by molar-refractivity contribution is -0.124. The van der Waals surface area contributed by atoms with Gasteiger partial charge < -0.3 is 4.74 Å². The summed E-state index contributed by atoms with van der Waals surface area (Å²) in [6.07, 6.45) is 11.5. The molecule has 16 heavy (non-hydrogen) atoms. The van der Waals surface area contributed by atoms with Gasteiger partial charge in [-0.1, -0.05) is 12.2 Å². The first-order valence-corrected chi connectivity index (χ1v) is 6.70. The van der Waals surface area contributed by atoms with E-state index < -0.39 is 0 Å². The third-order valence-corrected chi connectivity index (χ3v) is 5.25.